The molecule has 0 aliphatic rings. The van der Waals surface area contributed by atoms with Gasteiger partial charge in [-0.2, -0.15) is 0 Å². The lowest BCUT2D eigenvalue weighted by atomic mass is 10.3. The van der Waals surface area contributed by atoms with Gasteiger partial charge in [0.15, 0.2) is 0 Å². The Hall–Kier alpha value is -1.88. The van der Waals surface area contributed by atoms with Gasteiger partial charge in [-0.15, -0.1) is 0 Å². The second-order valence-corrected chi connectivity index (χ2v) is 4.56. The van der Waals surface area contributed by atoms with Gasteiger partial charge < -0.3 is 4.98 Å². The molecule has 0 unspecified atom stereocenters. The lowest BCUT2D eigenvalue weighted by molar-refractivity contribution is 1.00. The van der Waals surface area contributed by atoms with Crippen molar-refractivity contribution in [3.8, 4) is 5.69 Å². The van der Waals surface area contributed by atoms with Gasteiger partial charge in [-0.1, -0.05) is 12.1 Å². The fourth-order valence-electron chi connectivity index (χ4n) is 1.83. The van der Waals surface area contributed by atoms with Crippen LogP contribution in [0, 0.1) is 0 Å². The van der Waals surface area contributed by atoms with Crippen molar-refractivity contribution in [1.82, 2.24) is 14.5 Å². The van der Waals surface area contributed by atoms with E-state index in [9.17, 15) is 4.79 Å². The summed E-state index contributed by atoms with van der Waals surface area (Å²) in [5, 5.41) is 0. The Balaban J connectivity index is 2.37. The third kappa shape index (κ3) is 1.68. The van der Waals surface area contributed by atoms with Crippen molar-refractivity contribution in [2.45, 2.75) is 0 Å². The van der Waals surface area contributed by atoms with Gasteiger partial charge in [-0.3, -0.25) is 9.55 Å². The number of fused-ring (bicyclic) bond motifs is 1. The smallest absolute Gasteiger partial charge is 0.305 e. The first-order chi connectivity index (χ1) is 8.25. The third-order valence-corrected chi connectivity index (χ3v) is 2.97. The van der Waals surface area contributed by atoms with Crippen molar-refractivity contribution < 1.29 is 0 Å². The number of pyridine rings is 1. The zero-order chi connectivity index (χ0) is 11.8. The SMILES string of the molecule is O=c1[nH]c2ccccc2n1-c1cncc(Br)c1. The first-order valence-corrected chi connectivity index (χ1v) is 5.86. The summed E-state index contributed by atoms with van der Waals surface area (Å²) in [6.45, 7) is 0. The lowest BCUT2D eigenvalue weighted by Crippen LogP contribution is -2.14. The highest BCUT2D eigenvalue weighted by molar-refractivity contribution is 9.10. The van der Waals surface area contributed by atoms with Gasteiger partial charge in [0.1, 0.15) is 0 Å². The van der Waals surface area contributed by atoms with Crippen molar-refractivity contribution in [2.75, 3.05) is 0 Å². The summed E-state index contributed by atoms with van der Waals surface area (Å²) in [5.74, 6) is 0. The zero-order valence-electron chi connectivity index (χ0n) is 8.72. The molecule has 5 heteroatoms. The van der Waals surface area contributed by atoms with Crippen molar-refractivity contribution >= 4 is 27.0 Å². The summed E-state index contributed by atoms with van der Waals surface area (Å²) in [6.07, 6.45) is 3.34. The Morgan fingerprint density at radius 2 is 2.06 bits per heavy atom. The predicted molar refractivity (Wildman–Crippen MR) is 69.4 cm³/mol. The molecular weight excluding hydrogens is 282 g/mol. The molecule has 0 amide bonds. The summed E-state index contributed by atoms with van der Waals surface area (Å²) >= 11 is 3.35. The van der Waals surface area contributed by atoms with Crippen molar-refractivity contribution in [3.05, 3.63) is 57.7 Å². The van der Waals surface area contributed by atoms with Crippen LogP contribution in [-0.2, 0) is 0 Å². The number of aromatic amines is 1. The molecule has 0 bridgehead atoms. The van der Waals surface area contributed by atoms with E-state index in [0.717, 1.165) is 21.2 Å². The molecule has 0 radical (unpaired) electrons. The first-order valence-electron chi connectivity index (χ1n) is 5.06. The van der Waals surface area contributed by atoms with Crippen molar-refractivity contribution in [1.29, 1.82) is 0 Å². The first kappa shape index (κ1) is 10.3. The highest BCUT2D eigenvalue weighted by Crippen LogP contribution is 2.17. The number of hydrogen-bond acceptors (Lipinski definition) is 2. The van der Waals surface area contributed by atoms with E-state index in [2.05, 4.69) is 25.9 Å². The maximum Gasteiger partial charge on any atom is 0.331 e. The number of benzene rings is 1. The van der Waals surface area contributed by atoms with E-state index in [1.54, 1.807) is 17.0 Å². The largest absolute Gasteiger partial charge is 0.331 e. The van der Waals surface area contributed by atoms with Crippen LogP contribution in [0.3, 0.4) is 0 Å². The number of H-pyrrole nitrogens is 1. The second kappa shape index (κ2) is 3.85. The van der Waals surface area contributed by atoms with Crippen molar-refractivity contribution in [2.24, 2.45) is 0 Å². The molecule has 3 aromatic rings. The number of aromatic nitrogens is 3. The van der Waals surface area contributed by atoms with E-state index >= 15 is 0 Å². The summed E-state index contributed by atoms with van der Waals surface area (Å²) in [7, 11) is 0. The molecule has 0 aliphatic carbocycles. The van der Waals surface area contributed by atoms with Crippen LogP contribution in [0.4, 0.5) is 0 Å². The Labute approximate surface area is 105 Å². The monoisotopic (exact) mass is 289 g/mol. The van der Waals surface area contributed by atoms with Gasteiger partial charge in [0.05, 0.1) is 22.9 Å². The number of rotatable bonds is 1. The van der Waals surface area contributed by atoms with Crippen LogP contribution in [0.25, 0.3) is 16.7 Å². The van der Waals surface area contributed by atoms with Gasteiger partial charge >= 0.3 is 5.69 Å². The minimum atomic E-state index is -0.161. The topological polar surface area (TPSA) is 50.7 Å². The highest BCUT2D eigenvalue weighted by Gasteiger charge is 2.08. The number of nitrogens with one attached hydrogen (secondary N) is 1. The predicted octanol–water partition coefficient (Wildman–Crippen LogP) is 2.48. The molecule has 0 spiro atoms. The zero-order valence-corrected chi connectivity index (χ0v) is 10.3. The average Bonchev–Trinajstić information content (AvgIpc) is 2.64. The highest BCUT2D eigenvalue weighted by atomic mass is 79.9. The molecule has 2 heterocycles. The van der Waals surface area contributed by atoms with E-state index in [4.69, 9.17) is 0 Å². The van der Waals surface area contributed by atoms with E-state index in [1.165, 1.54) is 0 Å². The van der Waals surface area contributed by atoms with Crippen LogP contribution >= 0.6 is 15.9 Å². The van der Waals surface area contributed by atoms with E-state index in [0.29, 0.717) is 0 Å². The molecule has 0 fully saturated rings. The molecule has 4 nitrogen and oxygen atoms in total. The minimum Gasteiger partial charge on any atom is -0.305 e. The van der Waals surface area contributed by atoms with Gasteiger partial charge in [0.2, 0.25) is 0 Å². The third-order valence-electron chi connectivity index (χ3n) is 2.54. The summed E-state index contributed by atoms with van der Waals surface area (Å²) < 4.78 is 2.44. The lowest BCUT2D eigenvalue weighted by Gasteiger charge is -2.02. The van der Waals surface area contributed by atoms with Crippen LogP contribution < -0.4 is 5.69 Å². The van der Waals surface area contributed by atoms with Crippen LogP contribution in [0.2, 0.25) is 0 Å². The van der Waals surface area contributed by atoms with Crippen LogP contribution in [0.5, 0.6) is 0 Å². The molecular formula is C12H8BrN3O. The Kier molecular flexibility index (Phi) is 2.33. The molecule has 84 valence electrons. The molecule has 3 rings (SSSR count). The van der Waals surface area contributed by atoms with Crippen molar-refractivity contribution in [3.63, 3.8) is 0 Å². The number of halogens is 1. The van der Waals surface area contributed by atoms with Gasteiger partial charge in [-0.25, -0.2) is 4.79 Å². The number of nitrogens with zero attached hydrogens (tertiary/aromatic N) is 2. The molecule has 1 aromatic carbocycles. The molecule has 1 N–H and O–H groups in total. The number of hydrogen-bond donors (Lipinski definition) is 1. The van der Waals surface area contributed by atoms with E-state index in [-0.39, 0.29) is 5.69 Å². The summed E-state index contributed by atoms with van der Waals surface area (Å²) in [6, 6.07) is 9.42. The molecule has 2 aromatic heterocycles. The molecule has 0 saturated heterocycles. The van der Waals surface area contributed by atoms with Gasteiger partial charge in [-0.05, 0) is 34.1 Å². The van der Waals surface area contributed by atoms with Crippen LogP contribution in [0.1, 0.15) is 0 Å². The Bertz CT molecular complexity index is 745. The molecule has 17 heavy (non-hydrogen) atoms. The maximum atomic E-state index is 11.9. The maximum absolute atomic E-state index is 11.9. The van der Waals surface area contributed by atoms with Gasteiger partial charge in [0, 0.05) is 10.7 Å². The Morgan fingerprint density at radius 1 is 1.24 bits per heavy atom. The van der Waals surface area contributed by atoms with E-state index in [1.807, 2.05) is 30.3 Å². The molecule has 0 aliphatic heterocycles. The standard InChI is InChI=1S/C12H8BrN3O/c13-8-5-9(7-14-6-8)16-11-4-2-1-3-10(11)15-12(16)17/h1-7H,(H,15,17). The van der Waals surface area contributed by atoms with E-state index < -0.39 is 0 Å². The number of para-hydroxylation sites is 2. The molecule has 0 atom stereocenters. The summed E-state index contributed by atoms with van der Waals surface area (Å²) in [4.78, 5) is 18.8. The molecule has 0 saturated carbocycles. The normalized spacial score (nSPS) is 10.9. The fraction of sp³-hybridized carbons (Fsp3) is 0. The summed E-state index contributed by atoms with van der Waals surface area (Å²) in [5.41, 5.74) is 2.24. The van der Waals surface area contributed by atoms with Gasteiger partial charge in [0.25, 0.3) is 0 Å². The quantitative estimate of drug-likeness (QED) is 0.748. The Morgan fingerprint density at radius 3 is 2.88 bits per heavy atom. The van der Waals surface area contributed by atoms with Crippen LogP contribution in [-0.4, -0.2) is 14.5 Å². The average molecular weight is 290 g/mol. The second-order valence-electron chi connectivity index (χ2n) is 3.64. The number of imidazole rings is 1. The fourth-order valence-corrected chi connectivity index (χ4v) is 2.19. The minimum absolute atomic E-state index is 0.161. The van der Waals surface area contributed by atoms with Crippen LogP contribution in [0.15, 0.2) is 52.0 Å².